The molecule has 2 N–H and O–H groups in total. The molecule has 92 valence electrons. The second-order valence-corrected chi connectivity index (χ2v) is 4.48. The van der Waals surface area contributed by atoms with Crippen molar-refractivity contribution in [3.63, 3.8) is 0 Å². The second-order valence-electron chi connectivity index (χ2n) is 4.48. The quantitative estimate of drug-likeness (QED) is 0.550. The van der Waals surface area contributed by atoms with Gasteiger partial charge in [0.15, 0.2) is 0 Å². The van der Waals surface area contributed by atoms with Gasteiger partial charge in [-0.2, -0.15) is 0 Å². The van der Waals surface area contributed by atoms with E-state index in [9.17, 15) is 5.11 Å². The molecule has 0 bridgehead atoms. The molecule has 0 saturated heterocycles. The molecule has 0 aliphatic rings. The molecule has 15 heavy (non-hydrogen) atoms. The van der Waals surface area contributed by atoms with E-state index in [4.69, 9.17) is 4.74 Å². The largest absolute Gasteiger partial charge is 0.389 e. The third-order valence-electron chi connectivity index (χ3n) is 2.56. The lowest BCUT2D eigenvalue weighted by Gasteiger charge is -2.23. The first-order valence-corrected chi connectivity index (χ1v) is 6.04. The Morgan fingerprint density at radius 1 is 1.27 bits per heavy atom. The van der Waals surface area contributed by atoms with Gasteiger partial charge >= 0.3 is 0 Å². The Morgan fingerprint density at radius 2 is 2.00 bits per heavy atom. The highest BCUT2D eigenvalue weighted by Crippen LogP contribution is 2.07. The molecule has 0 aliphatic heterocycles. The number of nitrogens with one attached hydrogen (secondary N) is 1. The zero-order chi connectivity index (χ0) is 11.6. The van der Waals surface area contributed by atoms with Crippen LogP contribution in [0.5, 0.6) is 0 Å². The Morgan fingerprint density at radius 3 is 2.60 bits per heavy atom. The number of methoxy groups -OCH3 is 1. The minimum absolute atomic E-state index is 0.616. The highest BCUT2D eigenvalue weighted by Gasteiger charge is 2.18. The zero-order valence-electron chi connectivity index (χ0n) is 10.5. The van der Waals surface area contributed by atoms with Crippen LogP contribution in [0, 0.1) is 0 Å². The average Bonchev–Trinajstić information content (AvgIpc) is 2.20. The molecule has 0 aromatic rings. The summed E-state index contributed by atoms with van der Waals surface area (Å²) in [6.45, 7) is 6.34. The molecule has 0 saturated carbocycles. The SMILES string of the molecule is CCCCCCNCC(C)(O)CCOC. The number of unbranched alkanes of at least 4 members (excludes halogenated alkanes) is 3. The van der Waals surface area contributed by atoms with Gasteiger partial charge in [-0.05, 0) is 19.9 Å². The third-order valence-corrected chi connectivity index (χ3v) is 2.56. The zero-order valence-corrected chi connectivity index (χ0v) is 10.5. The van der Waals surface area contributed by atoms with E-state index < -0.39 is 5.60 Å². The Labute approximate surface area is 94.2 Å². The lowest BCUT2D eigenvalue weighted by Crippen LogP contribution is -2.39. The van der Waals surface area contributed by atoms with Gasteiger partial charge in [-0.3, -0.25) is 0 Å². The number of hydrogen-bond acceptors (Lipinski definition) is 3. The minimum Gasteiger partial charge on any atom is -0.389 e. The molecule has 0 rings (SSSR count). The minimum atomic E-state index is -0.638. The summed E-state index contributed by atoms with van der Waals surface area (Å²) in [5.74, 6) is 0. The van der Waals surface area contributed by atoms with Crippen molar-refractivity contribution in [2.24, 2.45) is 0 Å². The smallest absolute Gasteiger partial charge is 0.0765 e. The molecule has 0 aromatic carbocycles. The lowest BCUT2D eigenvalue weighted by molar-refractivity contribution is 0.0251. The molecule has 1 atom stereocenters. The van der Waals surface area contributed by atoms with Crippen LogP contribution < -0.4 is 5.32 Å². The van der Waals surface area contributed by atoms with Gasteiger partial charge in [-0.1, -0.05) is 26.2 Å². The van der Waals surface area contributed by atoms with E-state index in [-0.39, 0.29) is 0 Å². The Hall–Kier alpha value is -0.120. The summed E-state index contributed by atoms with van der Waals surface area (Å²) in [4.78, 5) is 0. The normalized spacial score (nSPS) is 15.2. The Balaban J connectivity index is 3.32. The predicted octanol–water partition coefficient (Wildman–Crippen LogP) is 1.94. The van der Waals surface area contributed by atoms with E-state index >= 15 is 0 Å². The monoisotopic (exact) mass is 217 g/mol. The van der Waals surface area contributed by atoms with Gasteiger partial charge in [0.2, 0.25) is 0 Å². The topological polar surface area (TPSA) is 41.5 Å². The van der Waals surface area contributed by atoms with Crippen LogP contribution in [0.3, 0.4) is 0 Å². The first-order valence-electron chi connectivity index (χ1n) is 6.04. The summed E-state index contributed by atoms with van der Waals surface area (Å²) in [5, 5.41) is 13.2. The molecule has 3 nitrogen and oxygen atoms in total. The van der Waals surface area contributed by atoms with Crippen molar-refractivity contribution in [3.8, 4) is 0 Å². The van der Waals surface area contributed by atoms with E-state index in [1.165, 1.54) is 25.7 Å². The summed E-state index contributed by atoms with van der Waals surface area (Å²) in [7, 11) is 1.66. The van der Waals surface area contributed by atoms with E-state index in [0.717, 1.165) is 6.54 Å². The van der Waals surface area contributed by atoms with Crippen LogP contribution in [0.15, 0.2) is 0 Å². The summed E-state index contributed by atoms with van der Waals surface area (Å²) in [6, 6.07) is 0. The molecule has 0 fully saturated rings. The molecule has 0 radical (unpaired) electrons. The van der Waals surface area contributed by atoms with Gasteiger partial charge < -0.3 is 15.2 Å². The van der Waals surface area contributed by atoms with Crippen LogP contribution in [0.2, 0.25) is 0 Å². The van der Waals surface area contributed by atoms with Gasteiger partial charge in [0.05, 0.1) is 5.60 Å². The fourth-order valence-corrected chi connectivity index (χ4v) is 1.44. The fourth-order valence-electron chi connectivity index (χ4n) is 1.44. The van der Waals surface area contributed by atoms with Crippen molar-refractivity contribution in [3.05, 3.63) is 0 Å². The van der Waals surface area contributed by atoms with Crippen LogP contribution in [-0.2, 0) is 4.74 Å². The van der Waals surface area contributed by atoms with E-state index in [2.05, 4.69) is 12.2 Å². The standard InChI is InChI=1S/C12H27NO2/c1-4-5-6-7-9-13-11-12(2,14)8-10-15-3/h13-14H,4-11H2,1-3H3. The Kier molecular flexibility index (Phi) is 9.06. The number of ether oxygens (including phenoxy) is 1. The molecule has 0 heterocycles. The number of rotatable bonds is 10. The van der Waals surface area contributed by atoms with Gasteiger partial charge in [-0.15, -0.1) is 0 Å². The molecule has 0 aromatic heterocycles. The van der Waals surface area contributed by atoms with Gasteiger partial charge in [0, 0.05) is 26.7 Å². The number of aliphatic hydroxyl groups is 1. The van der Waals surface area contributed by atoms with E-state index in [0.29, 0.717) is 19.6 Å². The van der Waals surface area contributed by atoms with Gasteiger partial charge in [-0.25, -0.2) is 0 Å². The molecular formula is C12H27NO2. The maximum absolute atomic E-state index is 9.91. The summed E-state index contributed by atoms with van der Waals surface area (Å²) in [6.07, 6.45) is 5.75. The van der Waals surface area contributed by atoms with Gasteiger partial charge in [0.1, 0.15) is 0 Å². The molecule has 1 unspecified atom stereocenters. The maximum atomic E-state index is 9.91. The second kappa shape index (κ2) is 9.13. The average molecular weight is 217 g/mol. The third kappa shape index (κ3) is 10.2. The van der Waals surface area contributed by atoms with Gasteiger partial charge in [0.25, 0.3) is 0 Å². The van der Waals surface area contributed by atoms with Crippen LogP contribution >= 0.6 is 0 Å². The first kappa shape index (κ1) is 14.9. The fraction of sp³-hybridized carbons (Fsp3) is 1.00. The van der Waals surface area contributed by atoms with Crippen LogP contribution in [0.25, 0.3) is 0 Å². The highest BCUT2D eigenvalue weighted by atomic mass is 16.5. The van der Waals surface area contributed by atoms with Crippen molar-refractivity contribution < 1.29 is 9.84 Å². The molecule has 3 heteroatoms. The predicted molar refractivity (Wildman–Crippen MR) is 64.1 cm³/mol. The van der Waals surface area contributed by atoms with Crippen molar-refractivity contribution in [2.75, 3.05) is 26.8 Å². The Bertz CT molecular complexity index is 138. The summed E-state index contributed by atoms with van der Waals surface area (Å²) < 4.78 is 4.95. The first-order chi connectivity index (χ1) is 7.12. The summed E-state index contributed by atoms with van der Waals surface area (Å²) >= 11 is 0. The molecular weight excluding hydrogens is 190 g/mol. The number of hydrogen-bond donors (Lipinski definition) is 2. The van der Waals surface area contributed by atoms with Crippen molar-refractivity contribution in [2.45, 2.75) is 51.6 Å². The maximum Gasteiger partial charge on any atom is 0.0765 e. The van der Waals surface area contributed by atoms with Crippen molar-refractivity contribution in [1.82, 2.24) is 5.32 Å². The van der Waals surface area contributed by atoms with Crippen molar-refractivity contribution in [1.29, 1.82) is 0 Å². The van der Waals surface area contributed by atoms with Crippen LogP contribution in [0.4, 0.5) is 0 Å². The highest BCUT2D eigenvalue weighted by molar-refractivity contribution is 4.74. The molecule has 0 spiro atoms. The van der Waals surface area contributed by atoms with Crippen LogP contribution in [-0.4, -0.2) is 37.5 Å². The lowest BCUT2D eigenvalue weighted by atomic mass is 10.0. The summed E-state index contributed by atoms with van der Waals surface area (Å²) in [5.41, 5.74) is -0.638. The van der Waals surface area contributed by atoms with Crippen molar-refractivity contribution >= 4 is 0 Å². The van der Waals surface area contributed by atoms with Crippen LogP contribution in [0.1, 0.15) is 46.0 Å². The molecule has 0 amide bonds. The molecule has 0 aliphatic carbocycles. The van der Waals surface area contributed by atoms with E-state index in [1.54, 1.807) is 7.11 Å². The van der Waals surface area contributed by atoms with E-state index in [1.807, 2.05) is 6.92 Å².